The minimum Gasteiger partial charge on any atom is -0.467 e. The number of hydrogen-bond donors (Lipinski definition) is 1. The minimum atomic E-state index is 0.373. The lowest BCUT2D eigenvalue weighted by atomic mass is 10.1. The van der Waals surface area contributed by atoms with E-state index in [-0.39, 0.29) is 0 Å². The van der Waals surface area contributed by atoms with Gasteiger partial charge >= 0.3 is 0 Å². The zero-order valence-electron chi connectivity index (χ0n) is 6.82. The molecule has 2 heterocycles. The lowest BCUT2D eigenvalue weighted by Crippen LogP contribution is -2.34. The molecule has 1 fully saturated rings. The summed E-state index contributed by atoms with van der Waals surface area (Å²) in [6.45, 7) is 2.13. The maximum absolute atomic E-state index is 5.66. The number of piperidine rings is 1. The molecule has 0 aliphatic carbocycles. The molecule has 1 aliphatic heterocycles. The summed E-state index contributed by atoms with van der Waals surface area (Å²) in [6, 6.07) is 0. The number of hydrogen-bond acceptors (Lipinski definition) is 4. The molecule has 0 atom stereocenters. The van der Waals surface area contributed by atoms with Gasteiger partial charge in [-0.15, -0.1) is 0 Å². The Labute approximate surface area is 75.8 Å². The number of thiazole rings is 1. The van der Waals surface area contributed by atoms with E-state index in [2.05, 4.69) is 10.3 Å². The molecular formula is C8H12N2OS. The van der Waals surface area contributed by atoms with Crippen LogP contribution in [0.5, 0.6) is 5.19 Å². The summed E-state index contributed by atoms with van der Waals surface area (Å²) in [5.41, 5.74) is 0. The second-order valence-electron chi connectivity index (χ2n) is 2.87. The van der Waals surface area contributed by atoms with Crippen molar-refractivity contribution in [3.05, 3.63) is 11.6 Å². The van der Waals surface area contributed by atoms with Crippen LogP contribution in [0.2, 0.25) is 0 Å². The summed E-state index contributed by atoms with van der Waals surface area (Å²) in [5, 5.41) is 6.05. The Morgan fingerprint density at radius 3 is 3.00 bits per heavy atom. The second-order valence-corrected chi connectivity index (χ2v) is 3.72. The number of ether oxygens (including phenoxy) is 1. The van der Waals surface area contributed by atoms with E-state index in [9.17, 15) is 0 Å². The molecular weight excluding hydrogens is 172 g/mol. The number of nitrogens with zero attached hydrogens (tertiary/aromatic N) is 1. The van der Waals surface area contributed by atoms with Crippen LogP contribution in [0.3, 0.4) is 0 Å². The summed E-state index contributed by atoms with van der Waals surface area (Å²) in [7, 11) is 0. The number of rotatable bonds is 2. The standard InChI is InChI=1S/C8H12N2OS/c1-3-9-4-2-7(1)11-8-10-5-6-12-8/h5-7,9H,1-4H2. The largest absolute Gasteiger partial charge is 0.467 e. The van der Waals surface area contributed by atoms with Gasteiger partial charge in [0.25, 0.3) is 5.19 Å². The van der Waals surface area contributed by atoms with Gasteiger partial charge in [-0.1, -0.05) is 11.3 Å². The first kappa shape index (κ1) is 8.01. The van der Waals surface area contributed by atoms with E-state index in [1.54, 1.807) is 17.5 Å². The quantitative estimate of drug-likeness (QED) is 0.751. The molecule has 3 nitrogen and oxygen atoms in total. The molecule has 0 saturated carbocycles. The summed E-state index contributed by atoms with van der Waals surface area (Å²) in [5.74, 6) is 0. The van der Waals surface area contributed by atoms with E-state index in [4.69, 9.17) is 4.74 Å². The van der Waals surface area contributed by atoms with Crippen molar-refractivity contribution >= 4 is 11.3 Å². The predicted molar refractivity (Wildman–Crippen MR) is 48.6 cm³/mol. The molecule has 4 heteroatoms. The van der Waals surface area contributed by atoms with E-state index in [0.717, 1.165) is 31.1 Å². The third kappa shape index (κ3) is 1.95. The molecule has 0 bridgehead atoms. The highest BCUT2D eigenvalue weighted by molar-refractivity contribution is 7.11. The average Bonchev–Trinajstić information content (AvgIpc) is 2.59. The number of aromatic nitrogens is 1. The molecule has 0 unspecified atom stereocenters. The van der Waals surface area contributed by atoms with Crippen molar-refractivity contribution in [2.75, 3.05) is 13.1 Å². The minimum absolute atomic E-state index is 0.373. The van der Waals surface area contributed by atoms with Crippen LogP contribution in [0.1, 0.15) is 12.8 Å². The van der Waals surface area contributed by atoms with Crippen molar-refractivity contribution in [3.8, 4) is 5.19 Å². The maximum Gasteiger partial charge on any atom is 0.273 e. The monoisotopic (exact) mass is 184 g/mol. The Bertz CT molecular complexity index is 219. The Kier molecular flexibility index (Phi) is 2.58. The van der Waals surface area contributed by atoms with E-state index < -0.39 is 0 Å². The van der Waals surface area contributed by atoms with Gasteiger partial charge in [-0.2, -0.15) is 0 Å². The Morgan fingerprint density at radius 2 is 2.33 bits per heavy atom. The molecule has 1 aliphatic rings. The molecule has 1 aromatic rings. The van der Waals surface area contributed by atoms with Crippen molar-refractivity contribution in [1.29, 1.82) is 0 Å². The second kappa shape index (κ2) is 3.87. The molecule has 0 radical (unpaired) electrons. The highest BCUT2D eigenvalue weighted by Gasteiger charge is 2.14. The predicted octanol–water partition coefficient (Wildman–Crippen LogP) is 1.27. The molecule has 0 amide bonds. The fourth-order valence-electron chi connectivity index (χ4n) is 1.32. The fraction of sp³-hybridized carbons (Fsp3) is 0.625. The molecule has 1 aromatic heterocycles. The first-order chi connectivity index (χ1) is 5.95. The Hall–Kier alpha value is -0.610. The van der Waals surface area contributed by atoms with Crippen LogP contribution < -0.4 is 10.1 Å². The topological polar surface area (TPSA) is 34.1 Å². The average molecular weight is 184 g/mol. The van der Waals surface area contributed by atoms with Gasteiger partial charge in [0.15, 0.2) is 0 Å². The zero-order valence-corrected chi connectivity index (χ0v) is 7.64. The van der Waals surface area contributed by atoms with Crippen LogP contribution in [0.4, 0.5) is 0 Å². The smallest absolute Gasteiger partial charge is 0.273 e. The Morgan fingerprint density at radius 1 is 1.50 bits per heavy atom. The summed E-state index contributed by atoms with van der Waals surface area (Å²) < 4.78 is 5.66. The van der Waals surface area contributed by atoms with Gasteiger partial charge in [0.05, 0.1) is 0 Å². The van der Waals surface area contributed by atoms with E-state index in [1.807, 2.05) is 5.38 Å². The summed E-state index contributed by atoms with van der Waals surface area (Å²) in [6.07, 6.45) is 4.35. The highest BCUT2D eigenvalue weighted by atomic mass is 32.1. The fourth-order valence-corrected chi connectivity index (χ4v) is 1.88. The van der Waals surface area contributed by atoms with Gasteiger partial charge in [0.2, 0.25) is 0 Å². The van der Waals surface area contributed by atoms with Crippen LogP contribution in [-0.4, -0.2) is 24.2 Å². The first-order valence-corrected chi connectivity index (χ1v) is 5.10. The Balaban J connectivity index is 1.86. The zero-order chi connectivity index (χ0) is 8.23. The summed E-state index contributed by atoms with van der Waals surface area (Å²) in [4.78, 5) is 4.09. The highest BCUT2D eigenvalue weighted by Crippen LogP contribution is 2.18. The summed E-state index contributed by atoms with van der Waals surface area (Å²) >= 11 is 1.56. The van der Waals surface area contributed by atoms with Gasteiger partial charge in [-0.3, -0.25) is 0 Å². The normalized spacial score (nSPS) is 19.3. The van der Waals surface area contributed by atoms with Gasteiger partial charge in [-0.25, -0.2) is 4.98 Å². The van der Waals surface area contributed by atoms with Crippen molar-refractivity contribution in [2.24, 2.45) is 0 Å². The van der Waals surface area contributed by atoms with Crippen LogP contribution in [-0.2, 0) is 0 Å². The molecule has 12 heavy (non-hydrogen) atoms. The van der Waals surface area contributed by atoms with Crippen LogP contribution in [0.25, 0.3) is 0 Å². The maximum atomic E-state index is 5.66. The van der Waals surface area contributed by atoms with Crippen LogP contribution >= 0.6 is 11.3 Å². The lowest BCUT2D eigenvalue weighted by Gasteiger charge is -2.22. The molecule has 1 saturated heterocycles. The van der Waals surface area contributed by atoms with Gasteiger partial charge < -0.3 is 10.1 Å². The first-order valence-electron chi connectivity index (χ1n) is 4.22. The van der Waals surface area contributed by atoms with Crippen molar-refractivity contribution in [1.82, 2.24) is 10.3 Å². The number of nitrogens with one attached hydrogen (secondary N) is 1. The van der Waals surface area contributed by atoms with Crippen molar-refractivity contribution in [2.45, 2.75) is 18.9 Å². The molecule has 1 N–H and O–H groups in total. The van der Waals surface area contributed by atoms with Crippen molar-refractivity contribution < 1.29 is 4.74 Å². The SMILES string of the molecule is c1csc(OC2CCNCC2)n1. The molecule has 2 rings (SSSR count). The van der Waals surface area contributed by atoms with E-state index in [0.29, 0.717) is 6.10 Å². The van der Waals surface area contributed by atoms with Crippen molar-refractivity contribution in [3.63, 3.8) is 0 Å². The van der Waals surface area contributed by atoms with Gasteiger partial charge in [0.1, 0.15) is 6.10 Å². The molecule has 0 spiro atoms. The van der Waals surface area contributed by atoms with E-state index in [1.165, 1.54) is 0 Å². The van der Waals surface area contributed by atoms with E-state index >= 15 is 0 Å². The van der Waals surface area contributed by atoms with Gasteiger partial charge in [-0.05, 0) is 25.9 Å². The van der Waals surface area contributed by atoms with Gasteiger partial charge in [0, 0.05) is 11.6 Å². The molecule has 66 valence electrons. The van der Waals surface area contributed by atoms with Crippen LogP contribution in [0.15, 0.2) is 11.6 Å². The molecule has 0 aromatic carbocycles. The third-order valence-corrected chi connectivity index (χ3v) is 2.62. The lowest BCUT2D eigenvalue weighted by molar-refractivity contribution is 0.162. The third-order valence-electron chi connectivity index (χ3n) is 1.96. The van der Waals surface area contributed by atoms with Crippen LogP contribution in [0, 0.1) is 0 Å².